The van der Waals surface area contributed by atoms with Gasteiger partial charge in [0.2, 0.25) is 0 Å². The molecule has 1 aromatic carbocycles. The average molecular weight is 348 g/mol. The molecule has 4 rings (SSSR count). The SMILES string of the molecule is C[C@@]1(c2ccc(C=O)cc2)CSSC[C@H]2CCC[C@@]3(C2)CN3C1. The predicted molar refractivity (Wildman–Crippen MR) is 100 cm³/mol. The maximum absolute atomic E-state index is 10.9. The van der Waals surface area contributed by atoms with Crippen LogP contribution in [0.4, 0.5) is 0 Å². The van der Waals surface area contributed by atoms with Gasteiger partial charge in [0.1, 0.15) is 6.29 Å². The standard InChI is InChI=1S/C19H25NOS2/c1-18(17-6-4-15(10-21)5-7-17)12-20-13-19(20)8-2-3-16(9-19)11-22-23-14-18/h4-7,10,16H,2-3,8-9,11-14H2,1H3/t16-,18-,19+,20?/m0/s1. The second-order valence-electron chi connectivity index (χ2n) is 7.89. The Bertz CT molecular complexity index is 590. The zero-order chi connectivity index (χ0) is 15.9. The van der Waals surface area contributed by atoms with Crippen LogP contribution < -0.4 is 0 Å². The first kappa shape index (κ1) is 16.0. The predicted octanol–water partition coefficient (Wildman–Crippen LogP) is 4.40. The number of aldehydes is 1. The lowest BCUT2D eigenvalue weighted by Crippen LogP contribution is -2.38. The first-order valence-electron chi connectivity index (χ1n) is 8.69. The van der Waals surface area contributed by atoms with Crippen LogP contribution in [0, 0.1) is 5.92 Å². The molecule has 0 aromatic heterocycles. The van der Waals surface area contributed by atoms with Crippen LogP contribution in [0.2, 0.25) is 0 Å². The van der Waals surface area contributed by atoms with E-state index in [0.29, 0.717) is 5.54 Å². The lowest BCUT2D eigenvalue weighted by molar-refractivity contribution is 0.112. The molecule has 1 unspecified atom stereocenters. The van der Waals surface area contributed by atoms with Crippen LogP contribution in [0.15, 0.2) is 24.3 Å². The van der Waals surface area contributed by atoms with Crippen molar-refractivity contribution in [1.29, 1.82) is 0 Å². The molecule has 2 saturated heterocycles. The number of rotatable bonds is 2. The van der Waals surface area contributed by atoms with E-state index >= 15 is 0 Å². The van der Waals surface area contributed by atoms with Crippen molar-refractivity contribution in [3.05, 3.63) is 35.4 Å². The van der Waals surface area contributed by atoms with E-state index in [2.05, 4.69) is 34.8 Å². The molecule has 4 atom stereocenters. The van der Waals surface area contributed by atoms with Crippen molar-refractivity contribution in [2.75, 3.05) is 24.6 Å². The Hall–Kier alpha value is -0.450. The van der Waals surface area contributed by atoms with E-state index in [1.165, 1.54) is 43.5 Å². The fourth-order valence-electron chi connectivity index (χ4n) is 4.50. The minimum atomic E-state index is 0.173. The minimum absolute atomic E-state index is 0.173. The van der Waals surface area contributed by atoms with Gasteiger partial charge in [-0.15, -0.1) is 0 Å². The molecule has 0 amide bonds. The quantitative estimate of drug-likeness (QED) is 0.449. The lowest BCUT2D eigenvalue weighted by atomic mass is 9.80. The van der Waals surface area contributed by atoms with Crippen molar-refractivity contribution < 1.29 is 4.79 Å². The Morgan fingerprint density at radius 2 is 2.04 bits per heavy atom. The van der Waals surface area contributed by atoms with Gasteiger partial charge in [-0.1, -0.05) is 59.2 Å². The largest absolute Gasteiger partial charge is 0.298 e. The summed E-state index contributed by atoms with van der Waals surface area (Å²) in [6.07, 6.45) is 6.61. The molecule has 0 radical (unpaired) electrons. The Balaban J connectivity index is 1.58. The number of nitrogens with zero attached hydrogens (tertiary/aromatic N) is 1. The Morgan fingerprint density at radius 1 is 1.22 bits per heavy atom. The monoisotopic (exact) mass is 347 g/mol. The van der Waals surface area contributed by atoms with Crippen molar-refractivity contribution >= 4 is 27.9 Å². The molecule has 23 heavy (non-hydrogen) atoms. The minimum Gasteiger partial charge on any atom is -0.298 e. The van der Waals surface area contributed by atoms with E-state index in [4.69, 9.17) is 0 Å². The third-order valence-electron chi connectivity index (χ3n) is 6.02. The lowest BCUT2D eigenvalue weighted by Gasteiger charge is -2.36. The highest BCUT2D eigenvalue weighted by molar-refractivity contribution is 8.76. The summed E-state index contributed by atoms with van der Waals surface area (Å²) in [7, 11) is 4.13. The highest BCUT2D eigenvalue weighted by atomic mass is 33.1. The zero-order valence-electron chi connectivity index (χ0n) is 13.8. The van der Waals surface area contributed by atoms with E-state index < -0.39 is 0 Å². The summed E-state index contributed by atoms with van der Waals surface area (Å²) in [6, 6.07) is 8.28. The van der Waals surface area contributed by atoms with Crippen LogP contribution >= 0.6 is 21.6 Å². The molecule has 2 bridgehead atoms. The number of carbonyl (C=O) groups is 1. The third-order valence-corrected chi connectivity index (χ3v) is 8.81. The smallest absolute Gasteiger partial charge is 0.150 e. The fraction of sp³-hybridized carbons (Fsp3) is 0.632. The number of fused-ring (bicyclic) bond motifs is 1. The molecular formula is C19H25NOS2. The molecule has 1 saturated carbocycles. The number of hydrogen-bond acceptors (Lipinski definition) is 4. The normalized spacial score (nSPS) is 40.0. The third kappa shape index (κ3) is 3.10. The summed E-state index contributed by atoms with van der Waals surface area (Å²) in [6.45, 7) is 4.87. The second-order valence-corrected chi connectivity index (χ2v) is 10.4. The number of carbonyl (C=O) groups excluding carboxylic acids is 1. The van der Waals surface area contributed by atoms with Gasteiger partial charge in [0.05, 0.1) is 0 Å². The number of hydrogen-bond donors (Lipinski definition) is 0. The Kier molecular flexibility index (Phi) is 4.27. The van der Waals surface area contributed by atoms with Gasteiger partial charge in [-0.2, -0.15) is 0 Å². The maximum atomic E-state index is 10.9. The van der Waals surface area contributed by atoms with Crippen molar-refractivity contribution in [2.45, 2.75) is 43.6 Å². The first-order chi connectivity index (χ1) is 11.1. The molecule has 0 N–H and O–H groups in total. The molecule has 1 aromatic rings. The van der Waals surface area contributed by atoms with Crippen molar-refractivity contribution in [2.24, 2.45) is 5.92 Å². The van der Waals surface area contributed by atoms with Crippen LogP contribution in [-0.2, 0) is 5.41 Å². The Labute approximate surface area is 147 Å². The molecule has 3 aliphatic rings. The van der Waals surface area contributed by atoms with Gasteiger partial charge < -0.3 is 0 Å². The van der Waals surface area contributed by atoms with E-state index in [1.54, 1.807) is 0 Å². The van der Waals surface area contributed by atoms with Crippen LogP contribution in [-0.4, -0.2) is 41.3 Å². The van der Waals surface area contributed by atoms with Gasteiger partial charge in [0.25, 0.3) is 0 Å². The van der Waals surface area contributed by atoms with Crippen molar-refractivity contribution in [3.63, 3.8) is 0 Å². The van der Waals surface area contributed by atoms with E-state index in [0.717, 1.165) is 30.1 Å². The molecule has 1 spiro atoms. The van der Waals surface area contributed by atoms with Gasteiger partial charge in [0.15, 0.2) is 0 Å². The molecule has 3 fully saturated rings. The van der Waals surface area contributed by atoms with Gasteiger partial charge in [-0.25, -0.2) is 0 Å². The van der Waals surface area contributed by atoms with Crippen LogP contribution in [0.5, 0.6) is 0 Å². The zero-order valence-corrected chi connectivity index (χ0v) is 15.4. The molecule has 2 heterocycles. The summed E-state index contributed by atoms with van der Waals surface area (Å²) in [5.74, 6) is 3.40. The highest BCUT2D eigenvalue weighted by Gasteiger charge is 2.55. The van der Waals surface area contributed by atoms with Crippen LogP contribution in [0.1, 0.15) is 48.5 Å². The second kappa shape index (κ2) is 6.12. The highest BCUT2D eigenvalue weighted by Crippen LogP contribution is 2.51. The molecule has 124 valence electrons. The van der Waals surface area contributed by atoms with Crippen molar-refractivity contribution in [1.82, 2.24) is 4.90 Å². The molecule has 2 nitrogen and oxygen atoms in total. The van der Waals surface area contributed by atoms with E-state index in [-0.39, 0.29) is 5.41 Å². The summed E-state index contributed by atoms with van der Waals surface area (Å²) >= 11 is 0. The van der Waals surface area contributed by atoms with Gasteiger partial charge in [-0.05, 0) is 30.7 Å². The summed E-state index contributed by atoms with van der Waals surface area (Å²) in [5.41, 5.74) is 2.87. The van der Waals surface area contributed by atoms with Gasteiger partial charge in [0, 0.05) is 41.1 Å². The Morgan fingerprint density at radius 3 is 2.83 bits per heavy atom. The van der Waals surface area contributed by atoms with E-state index in [1.807, 2.05) is 22.9 Å². The summed E-state index contributed by atoms with van der Waals surface area (Å²) in [5, 5.41) is 0. The van der Waals surface area contributed by atoms with Crippen LogP contribution in [0.25, 0.3) is 0 Å². The fourth-order valence-corrected chi connectivity index (χ4v) is 7.57. The van der Waals surface area contributed by atoms with E-state index in [9.17, 15) is 4.79 Å². The maximum Gasteiger partial charge on any atom is 0.150 e. The molecular weight excluding hydrogens is 322 g/mol. The average Bonchev–Trinajstić information content (AvgIpc) is 3.21. The molecule has 4 heteroatoms. The molecule has 1 aliphatic carbocycles. The van der Waals surface area contributed by atoms with Crippen LogP contribution in [0.3, 0.4) is 0 Å². The molecule has 2 aliphatic heterocycles. The van der Waals surface area contributed by atoms with Gasteiger partial charge in [-0.3, -0.25) is 9.69 Å². The van der Waals surface area contributed by atoms with Crippen molar-refractivity contribution in [3.8, 4) is 0 Å². The topological polar surface area (TPSA) is 20.1 Å². The first-order valence-corrected chi connectivity index (χ1v) is 11.2. The van der Waals surface area contributed by atoms with Gasteiger partial charge >= 0.3 is 0 Å². The number of benzene rings is 1. The summed E-state index contributed by atoms with van der Waals surface area (Å²) < 4.78 is 0. The summed E-state index contributed by atoms with van der Waals surface area (Å²) in [4.78, 5) is 13.7.